The zero-order chi connectivity index (χ0) is 15.7. The first-order valence-electron chi connectivity index (χ1n) is 7.24. The third-order valence-electron chi connectivity index (χ3n) is 3.09. The first-order valence-corrected chi connectivity index (χ1v) is 7.24. The van der Waals surface area contributed by atoms with Crippen LogP contribution in [0, 0.1) is 0 Å². The highest BCUT2D eigenvalue weighted by molar-refractivity contribution is 5.81. The molecule has 5 heteroatoms. The van der Waals surface area contributed by atoms with Gasteiger partial charge in [0.25, 0.3) is 0 Å². The Morgan fingerprint density at radius 2 is 1.76 bits per heavy atom. The van der Waals surface area contributed by atoms with Crippen LogP contribution < -0.4 is 5.32 Å². The lowest BCUT2D eigenvalue weighted by Gasteiger charge is -2.18. The highest BCUT2D eigenvalue weighted by Gasteiger charge is 2.20. The summed E-state index contributed by atoms with van der Waals surface area (Å²) in [4.78, 5) is 23.4. The molecule has 1 aromatic carbocycles. The first-order chi connectivity index (χ1) is 10.1. The molecule has 1 N–H and O–H groups in total. The van der Waals surface area contributed by atoms with E-state index in [9.17, 15) is 9.59 Å². The van der Waals surface area contributed by atoms with Crippen LogP contribution in [0.1, 0.15) is 39.2 Å². The van der Waals surface area contributed by atoms with Crippen LogP contribution in [0.15, 0.2) is 30.3 Å². The second-order valence-corrected chi connectivity index (χ2v) is 4.80. The summed E-state index contributed by atoms with van der Waals surface area (Å²) < 4.78 is 10.3. The standard InChI is InChI=1S/C16H23NO4/c1-4-14(5-2)21-15(18)12(3)17-16(19)20-11-13-9-7-6-8-10-13/h6-10,12,14H,4-5,11H2,1-3H3,(H,17,19)/t12-/m0/s1. The summed E-state index contributed by atoms with van der Waals surface area (Å²) in [5, 5.41) is 2.47. The van der Waals surface area contributed by atoms with Gasteiger partial charge < -0.3 is 14.8 Å². The van der Waals surface area contributed by atoms with E-state index < -0.39 is 18.1 Å². The number of nitrogens with one attached hydrogen (secondary N) is 1. The molecule has 0 saturated heterocycles. The minimum Gasteiger partial charge on any atom is -0.461 e. The van der Waals surface area contributed by atoms with Crippen LogP contribution in [0.5, 0.6) is 0 Å². The van der Waals surface area contributed by atoms with Crippen LogP contribution in [-0.2, 0) is 20.9 Å². The Hall–Kier alpha value is -2.04. The number of carbonyl (C=O) groups excluding carboxylic acids is 2. The highest BCUT2D eigenvalue weighted by Crippen LogP contribution is 2.05. The molecule has 0 spiro atoms. The summed E-state index contributed by atoms with van der Waals surface area (Å²) in [7, 11) is 0. The van der Waals surface area contributed by atoms with E-state index in [1.165, 1.54) is 0 Å². The second kappa shape index (κ2) is 9.00. The van der Waals surface area contributed by atoms with Crippen LogP contribution in [0.25, 0.3) is 0 Å². The van der Waals surface area contributed by atoms with Crippen molar-refractivity contribution in [1.29, 1.82) is 0 Å². The number of benzene rings is 1. The van der Waals surface area contributed by atoms with E-state index in [-0.39, 0.29) is 12.7 Å². The molecule has 0 radical (unpaired) electrons. The Bertz CT molecular complexity index is 443. The largest absolute Gasteiger partial charge is 0.461 e. The molecule has 0 aliphatic heterocycles. The van der Waals surface area contributed by atoms with Gasteiger partial charge in [-0.3, -0.25) is 0 Å². The number of esters is 1. The van der Waals surface area contributed by atoms with Crippen molar-refractivity contribution < 1.29 is 19.1 Å². The maximum atomic E-state index is 11.8. The highest BCUT2D eigenvalue weighted by atomic mass is 16.6. The molecular formula is C16H23NO4. The average Bonchev–Trinajstić information content (AvgIpc) is 2.51. The molecule has 116 valence electrons. The molecule has 0 heterocycles. The third kappa shape index (κ3) is 6.29. The third-order valence-corrected chi connectivity index (χ3v) is 3.09. The van der Waals surface area contributed by atoms with Gasteiger partial charge in [0.15, 0.2) is 0 Å². The Morgan fingerprint density at radius 1 is 1.14 bits per heavy atom. The lowest BCUT2D eigenvalue weighted by molar-refractivity contribution is -0.151. The lowest BCUT2D eigenvalue weighted by atomic mass is 10.2. The number of rotatable bonds is 7. The van der Waals surface area contributed by atoms with Crippen molar-refractivity contribution in [3.8, 4) is 0 Å². The Balaban J connectivity index is 2.34. The molecule has 0 aliphatic carbocycles. The average molecular weight is 293 g/mol. The predicted molar refractivity (Wildman–Crippen MR) is 79.7 cm³/mol. The molecule has 1 aromatic rings. The minimum atomic E-state index is -0.728. The quantitative estimate of drug-likeness (QED) is 0.785. The molecule has 0 aromatic heterocycles. The van der Waals surface area contributed by atoms with Gasteiger partial charge >= 0.3 is 12.1 Å². The van der Waals surface area contributed by atoms with E-state index in [1.807, 2.05) is 44.2 Å². The molecule has 0 aliphatic rings. The number of ether oxygens (including phenoxy) is 2. The van der Waals surface area contributed by atoms with Crippen molar-refractivity contribution in [1.82, 2.24) is 5.32 Å². The molecule has 5 nitrogen and oxygen atoms in total. The van der Waals surface area contributed by atoms with Crippen molar-refractivity contribution >= 4 is 12.1 Å². The maximum absolute atomic E-state index is 11.8. The van der Waals surface area contributed by atoms with Gasteiger partial charge in [0.1, 0.15) is 18.8 Å². The molecule has 0 saturated carbocycles. The van der Waals surface area contributed by atoms with Crippen LogP contribution in [0.4, 0.5) is 4.79 Å². The molecule has 0 unspecified atom stereocenters. The van der Waals surface area contributed by atoms with Gasteiger partial charge in [-0.05, 0) is 25.3 Å². The molecule has 0 bridgehead atoms. The van der Waals surface area contributed by atoms with E-state index >= 15 is 0 Å². The van der Waals surface area contributed by atoms with Crippen LogP contribution in [0.3, 0.4) is 0 Å². The fourth-order valence-corrected chi connectivity index (χ4v) is 1.72. The Morgan fingerprint density at radius 3 is 2.33 bits per heavy atom. The summed E-state index contributed by atoms with van der Waals surface area (Å²) >= 11 is 0. The summed E-state index contributed by atoms with van der Waals surface area (Å²) in [5.41, 5.74) is 0.889. The summed E-state index contributed by atoms with van der Waals surface area (Å²) in [5.74, 6) is -0.444. The van der Waals surface area contributed by atoms with Crippen LogP contribution >= 0.6 is 0 Å². The normalized spacial score (nSPS) is 11.8. The van der Waals surface area contributed by atoms with Crippen molar-refractivity contribution in [2.45, 2.75) is 52.4 Å². The van der Waals surface area contributed by atoms with Crippen LogP contribution in [0.2, 0.25) is 0 Å². The fraction of sp³-hybridized carbons (Fsp3) is 0.500. The Kier molecular flexibility index (Phi) is 7.29. The summed E-state index contributed by atoms with van der Waals surface area (Å²) in [6.07, 6.45) is 0.774. The van der Waals surface area contributed by atoms with E-state index in [0.717, 1.165) is 18.4 Å². The Labute approximate surface area is 125 Å². The number of hydrogen-bond donors (Lipinski definition) is 1. The van der Waals surface area contributed by atoms with Gasteiger partial charge in [-0.25, -0.2) is 9.59 Å². The molecule has 1 atom stereocenters. The van der Waals surface area contributed by atoms with E-state index in [1.54, 1.807) is 6.92 Å². The molecule has 0 fully saturated rings. The minimum absolute atomic E-state index is 0.109. The summed E-state index contributed by atoms with van der Waals surface area (Å²) in [6.45, 7) is 5.65. The molecular weight excluding hydrogens is 270 g/mol. The van der Waals surface area contributed by atoms with Crippen molar-refractivity contribution in [3.63, 3.8) is 0 Å². The summed E-state index contributed by atoms with van der Waals surface area (Å²) in [6, 6.07) is 8.61. The van der Waals surface area contributed by atoms with E-state index in [0.29, 0.717) is 0 Å². The second-order valence-electron chi connectivity index (χ2n) is 4.80. The molecule has 1 rings (SSSR count). The molecule has 21 heavy (non-hydrogen) atoms. The van der Waals surface area contributed by atoms with Gasteiger partial charge in [-0.15, -0.1) is 0 Å². The number of amides is 1. The smallest absolute Gasteiger partial charge is 0.408 e. The monoisotopic (exact) mass is 293 g/mol. The van der Waals surface area contributed by atoms with Gasteiger partial charge in [0.2, 0.25) is 0 Å². The van der Waals surface area contributed by atoms with Crippen molar-refractivity contribution in [2.24, 2.45) is 0 Å². The van der Waals surface area contributed by atoms with E-state index in [2.05, 4.69) is 5.32 Å². The lowest BCUT2D eigenvalue weighted by Crippen LogP contribution is -2.41. The fourth-order valence-electron chi connectivity index (χ4n) is 1.72. The first kappa shape index (κ1) is 17.0. The van der Waals surface area contributed by atoms with Gasteiger partial charge in [-0.1, -0.05) is 44.2 Å². The zero-order valence-corrected chi connectivity index (χ0v) is 12.8. The van der Waals surface area contributed by atoms with Crippen molar-refractivity contribution in [3.05, 3.63) is 35.9 Å². The van der Waals surface area contributed by atoms with Gasteiger partial charge in [0, 0.05) is 0 Å². The van der Waals surface area contributed by atoms with Gasteiger partial charge in [0.05, 0.1) is 0 Å². The van der Waals surface area contributed by atoms with Crippen molar-refractivity contribution in [2.75, 3.05) is 0 Å². The molecule has 1 amide bonds. The SMILES string of the molecule is CCC(CC)OC(=O)[C@H](C)NC(=O)OCc1ccccc1. The topological polar surface area (TPSA) is 64.6 Å². The predicted octanol–water partition coefficient (Wildman–Crippen LogP) is 3.03. The van der Waals surface area contributed by atoms with Crippen LogP contribution in [-0.4, -0.2) is 24.2 Å². The zero-order valence-electron chi connectivity index (χ0n) is 12.8. The van der Waals surface area contributed by atoms with Gasteiger partial charge in [-0.2, -0.15) is 0 Å². The number of hydrogen-bond acceptors (Lipinski definition) is 4. The maximum Gasteiger partial charge on any atom is 0.408 e. The number of alkyl carbamates (subject to hydrolysis) is 1. The van der Waals surface area contributed by atoms with E-state index in [4.69, 9.17) is 9.47 Å². The number of carbonyl (C=O) groups is 2.